The summed E-state index contributed by atoms with van der Waals surface area (Å²) in [5.41, 5.74) is 1.99. The van der Waals surface area contributed by atoms with Crippen molar-refractivity contribution in [3.63, 3.8) is 0 Å². The van der Waals surface area contributed by atoms with Crippen molar-refractivity contribution in [2.24, 2.45) is 0 Å². The summed E-state index contributed by atoms with van der Waals surface area (Å²) in [6.45, 7) is 3.76. The van der Waals surface area contributed by atoms with Gasteiger partial charge in [0.2, 0.25) is 16.0 Å². The lowest BCUT2D eigenvalue weighted by Gasteiger charge is -2.20. The molecule has 1 aromatic heterocycles. The van der Waals surface area contributed by atoms with Crippen molar-refractivity contribution in [2.75, 3.05) is 17.6 Å². The van der Waals surface area contributed by atoms with Gasteiger partial charge < -0.3 is 10.2 Å². The highest BCUT2D eigenvalue weighted by molar-refractivity contribution is 7.92. The van der Waals surface area contributed by atoms with Crippen LogP contribution in [0.15, 0.2) is 42.5 Å². The smallest absolute Gasteiger partial charge is 0.327 e. The molecule has 0 saturated carbocycles. The van der Waals surface area contributed by atoms with Gasteiger partial charge in [-0.15, -0.1) is 0 Å². The summed E-state index contributed by atoms with van der Waals surface area (Å²) in [7, 11) is -2.28. The van der Waals surface area contributed by atoms with E-state index in [0.717, 1.165) is 16.6 Å². The molecule has 0 aliphatic carbocycles. The molecule has 2 rings (SSSR count). The molecule has 1 aromatic carbocycles. The van der Waals surface area contributed by atoms with E-state index in [1.807, 2.05) is 13.8 Å². The summed E-state index contributed by atoms with van der Waals surface area (Å²) in [4.78, 5) is 19.5. The zero-order chi connectivity index (χ0) is 24.1. The zero-order valence-electron chi connectivity index (χ0n) is 18.2. The van der Waals surface area contributed by atoms with E-state index in [9.17, 15) is 22.7 Å². The molecular formula is C22H26FN3O5S. The van der Waals surface area contributed by atoms with Crippen molar-refractivity contribution in [1.29, 1.82) is 0 Å². The lowest BCUT2D eigenvalue weighted by molar-refractivity contribution is -0.131. The van der Waals surface area contributed by atoms with Gasteiger partial charge in [0.1, 0.15) is 5.82 Å². The van der Waals surface area contributed by atoms with Crippen LogP contribution in [0.3, 0.4) is 0 Å². The second-order valence-corrected chi connectivity index (χ2v) is 9.48. The maximum absolute atomic E-state index is 13.5. The molecule has 32 heavy (non-hydrogen) atoms. The number of rotatable bonds is 9. The predicted octanol–water partition coefficient (Wildman–Crippen LogP) is 3.21. The average Bonchev–Trinajstić information content (AvgIpc) is 2.70. The third-order valence-electron chi connectivity index (χ3n) is 4.53. The molecule has 0 unspecified atom stereocenters. The number of sulfonamides is 1. The van der Waals surface area contributed by atoms with Gasteiger partial charge in [-0.25, -0.2) is 31.9 Å². The Morgan fingerprint density at radius 2 is 1.84 bits per heavy atom. The Kier molecular flexibility index (Phi) is 8.23. The first-order valence-electron chi connectivity index (χ1n) is 9.77. The standard InChI is InChI=1S/C22H26FN3O5S/c1-14(2)20-18(13-12-17(27)6-5-7-19(28)29)21(15-8-10-16(23)11-9-15)25-22(24-20)26(3)32(4,30)31/h5,7-14,17,27H,6H2,1-4H3,(H,28,29)/b7-5+,13-12+/t17-/m1/s1. The van der Waals surface area contributed by atoms with E-state index in [4.69, 9.17) is 5.11 Å². The van der Waals surface area contributed by atoms with Crippen molar-refractivity contribution < 1.29 is 27.8 Å². The lowest BCUT2D eigenvalue weighted by atomic mass is 9.97. The van der Waals surface area contributed by atoms with E-state index in [0.29, 0.717) is 22.5 Å². The van der Waals surface area contributed by atoms with Crippen molar-refractivity contribution in [2.45, 2.75) is 32.3 Å². The fraction of sp³-hybridized carbons (Fsp3) is 0.318. The Hall–Kier alpha value is -3.11. The van der Waals surface area contributed by atoms with Crippen molar-refractivity contribution in [1.82, 2.24) is 9.97 Å². The van der Waals surface area contributed by atoms with E-state index in [1.165, 1.54) is 43.5 Å². The van der Waals surface area contributed by atoms with Crippen LogP contribution in [0.5, 0.6) is 0 Å². The number of carboxylic acid groups (broad SMARTS) is 1. The fourth-order valence-electron chi connectivity index (χ4n) is 2.79. The number of aliphatic hydroxyl groups excluding tert-OH is 1. The van der Waals surface area contributed by atoms with Crippen LogP contribution >= 0.6 is 0 Å². The summed E-state index contributed by atoms with van der Waals surface area (Å²) >= 11 is 0. The lowest BCUT2D eigenvalue weighted by Crippen LogP contribution is -2.27. The van der Waals surface area contributed by atoms with Crippen LogP contribution in [0.1, 0.15) is 37.4 Å². The van der Waals surface area contributed by atoms with Crippen LogP contribution in [0.25, 0.3) is 17.3 Å². The second kappa shape index (κ2) is 10.5. The SMILES string of the molecule is CC(C)c1nc(N(C)S(C)(=O)=O)nc(-c2ccc(F)cc2)c1/C=C/[C@H](O)C/C=C/C(=O)O. The van der Waals surface area contributed by atoms with E-state index in [1.54, 1.807) is 6.08 Å². The second-order valence-electron chi connectivity index (χ2n) is 7.47. The van der Waals surface area contributed by atoms with Gasteiger partial charge >= 0.3 is 5.97 Å². The number of carboxylic acids is 1. The zero-order valence-corrected chi connectivity index (χ0v) is 19.0. The minimum atomic E-state index is -3.63. The number of nitrogens with zero attached hydrogens (tertiary/aromatic N) is 3. The summed E-state index contributed by atoms with van der Waals surface area (Å²) in [5, 5.41) is 18.9. The summed E-state index contributed by atoms with van der Waals surface area (Å²) in [6, 6.07) is 5.59. The molecule has 0 fully saturated rings. The van der Waals surface area contributed by atoms with Gasteiger partial charge in [-0.05, 0) is 36.6 Å². The number of aliphatic carboxylic acids is 1. The van der Waals surface area contributed by atoms with Crippen LogP contribution < -0.4 is 4.31 Å². The van der Waals surface area contributed by atoms with Crippen LogP contribution in [-0.2, 0) is 14.8 Å². The van der Waals surface area contributed by atoms with Gasteiger partial charge in [-0.1, -0.05) is 32.1 Å². The summed E-state index contributed by atoms with van der Waals surface area (Å²) in [6.07, 6.45) is 5.52. The third-order valence-corrected chi connectivity index (χ3v) is 5.69. The van der Waals surface area contributed by atoms with Crippen LogP contribution in [0.4, 0.5) is 10.3 Å². The number of carbonyl (C=O) groups is 1. The number of benzene rings is 1. The van der Waals surface area contributed by atoms with Crippen molar-refractivity contribution >= 4 is 28.0 Å². The van der Waals surface area contributed by atoms with E-state index in [2.05, 4.69) is 9.97 Å². The fourth-order valence-corrected chi connectivity index (χ4v) is 3.17. The first kappa shape index (κ1) is 25.2. The van der Waals surface area contributed by atoms with Gasteiger partial charge in [-0.3, -0.25) is 0 Å². The largest absolute Gasteiger partial charge is 0.478 e. The molecule has 0 amide bonds. The first-order chi connectivity index (χ1) is 14.9. The van der Waals surface area contributed by atoms with Crippen molar-refractivity contribution in [3.8, 4) is 11.3 Å². The number of halogens is 1. The number of anilines is 1. The predicted molar refractivity (Wildman–Crippen MR) is 121 cm³/mol. The Labute approximate surface area is 186 Å². The Balaban J connectivity index is 2.65. The highest BCUT2D eigenvalue weighted by Gasteiger charge is 2.22. The molecule has 1 atom stereocenters. The van der Waals surface area contributed by atoms with Gasteiger partial charge in [0, 0.05) is 24.3 Å². The molecule has 0 aliphatic heterocycles. The third kappa shape index (κ3) is 6.69. The van der Waals surface area contributed by atoms with Gasteiger partial charge in [0.05, 0.1) is 23.7 Å². The Bertz CT molecular complexity index is 1130. The minimum absolute atomic E-state index is 0.0300. The van der Waals surface area contributed by atoms with E-state index < -0.39 is 27.9 Å². The molecule has 2 aromatic rings. The number of hydrogen-bond acceptors (Lipinski definition) is 6. The maximum Gasteiger partial charge on any atom is 0.327 e. The molecule has 0 spiro atoms. The molecule has 0 aliphatic rings. The summed E-state index contributed by atoms with van der Waals surface area (Å²) in [5.74, 6) is -1.70. The number of aromatic nitrogens is 2. The molecule has 2 N–H and O–H groups in total. The minimum Gasteiger partial charge on any atom is -0.478 e. The maximum atomic E-state index is 13.5. The molecular weight excluding hydrogens is 437 g/mol. The molecule has 8 nitrogen and oxygen atoms in total. The first-order valence-corrected chi connectivity index (χ1v) is 11.6. The van der Waals surface area contributed by atoms with Crippen molar-refractivity contribution in [3.05, 3.63) is 59.6 Å². The average molecular weight is 464 g/mol. The van der Waals surface area contributed by atoms with Gasteiger partial charge in [-0.2, -0.15) is 0 Å². The van der Waals surface area contributed by atoms with E-state index in [-0.39, 0.29) is 18.3 Å². The molecule has 1 heterocycles. The topological polar surface area (TPSA) is 121 Å². The van der Waals surface area contributed by atoms with Gasteiger partial charge in [0.25, 0.3) is 0 Å². The number of aliphatic hydroxyl groups is 1. The molecule has 0 saturated heterocycles. The molecule has 10 heteroatoms. The van der Waals surface area contributed by atoms with Gasteiger partial charge in [0.15, 0.2) is 0 Å². The van der Waals surface area contributed by atoms with Crippen LogP contribution in [-0.4, -0.2) is 54.0 Å². The Morgan fingerprint density at radius 1 is 1.22 bits per heavy atom. The van der Waals surface area contributed by atoms with Crippen LogP contribution in [0.2, 0.25) is 0 Å². The number of hydrogen-bond donors (Lipinski definition) is 2. The molecule has 0 radical (unpaired) electrons. The normalized spacial score (nSPS) is 13.2. The highest BCUT2D eigenvalue weighted by atomic mass is 32.2. The van der Waals surface area contributed by atoms with Crippen LogP contribution in [0, 0.1) is 5.82 Å². The monoisotopic (exact) mass is 463 g/mol. The quantitative estimate of drug-likeness (QED) is 0.548. The summed E-state index contributed by atoms with van der Waals surface area (Å²) < 4.78 is 38.6. The highest BCUT2D eigenvalue weighted by Crippen LogP contribution is 2.31. The molecule has 0 bridgehead atoms. The van der Waals surface area contributed by atoms with E-state index >= 15 is 0 Å². The molecule has 172 valence electrons. The Morgan fingerprint density at radius 3 is 2.38 bits per heavy atom.